The fraction of sp³-hybridized carbons (Fsp3) is 0.409. The number of urea groups is 1. The number of fused-ring (bicyclic) bond motifs is 1. The van der Waals surface area contributed by atoms with E-state index in [9.17, 15) is 9.18 Å². The number of rotatable bonds is 4. The topological polar surface area (TPSA) is 38.8 Å². The molecule has 0 aromatic heterocycles. The van der Waals surface area contributed by atoms with Gasteiger partial charge in [-0.15, -0.1) is 12.4 Å². The Morgan fingerprint density at radius 1 is 1.07 bits per heavy atom. The first-order chi connectivity index (χ1) is 13.5. The molecule has 2 aliphatic heterocycles. The van der Waals surface area contributed by atoms with E-state index in [1.807, 2.05) is 36.9 Å². The summed E-state index contributed by atoms with van der Waals surface area (Å²) in [5, 5.41) is 3.39. The maximum Gasteiger partial charge on any atom is 0.325 e. The van der Waals surface area contributed by atoms with Crippen LogP contribution in [0.4, 0.5) is 20.6 Å². The molecule has 2 heterocycles. The third-order valence-electron chi connectivity index (χ3n) is 5.53. The summed E-state index contributed by atoms with van der Waals surface area (Å²) in [4.78, 5) is 19.3. The van der Waals surface area contributed by atoms with Gasteiger partial charge in [0.15, 0.2) is 0 Å². The Morgan fingerprint density at radius 3 is 2.45 bits per heavy atom. The lowest BCUT2D eigenvalue weighted by atomic mass is 10.0. The van der Waals surface area contributed by atoms with Crippen LogP contribution in [0.2, 0.25) is 0 Å². The van der Waals surface area contributed by atoms with Crippen LogP contribution in [0.25, 0.3) is 0 Å². The molecule has 4 rings (SSSR count). The molecular weight excluding hydrogens is 391 g/mol. The van der Waals surface area contributed by atoms with E-state index in [-0.39, 0.29) is 30.3 Å². The van der Waals surface area contributed by atoms with Gasteiger partial charge in [-0.3, -0.25) is 4.90 Å². The van der Waals surface area contributed by atoms with Gasteiger partial charge in [-0.1, -0.05) is 18.2 Å². The number of carbonyl (C=O) groups excluding carboxylic acids is 1. The Balaban J connectivity index is 0.00000240. The van der Waals surface area contributed by atoms with E-state index < -0.39 is 0 Å². The third-order valence-corrected chi connectivity index (χ3v) is 5.53. The van der Waals surface area contributed by atoms with Crippen LogP contribution in [0.3, 0.4) is 0 Å². The summed E-state index contributed by atoms with van der Waals surface area (Å²) >= 11 is 0. The Morgan fingerprint density at radius 2 is 1.76 bits per heavy atom. The van der Waals surface area contributed by atoms with E-state index >= 15 is 0 Å². The molecule has 1 N–H and O–H groups in total. The molecule has 29 heavy (non-hydrogen) atoms. The molecule has 0 spiro atoms. The summed E-state index contributed by atoms with van der Waals surface area (Å²) in [6.45, 7) is 8.87. The van der Waals surface area contributed by atoms with Crippen molar-refractivity contribution in [2.75, 3.05) is 36.0 Å². The number of nitrogens with one attached hydrogen (secondary N) is 1. The number of amides is 2. The minimum Gasteiger partial charge on any atom is -0.369 e. The number of benzene rings is 2. The van der Waals surface area contributed by atoms with Crippen molar-refractivity contribution in [3.05, 3.63) is 59.4 Å². The normalized spacial score (nSPS) is 16.7. The maximum atomic E-state index is 13.7. The molecule has 2 aromatic rings. The zero-order valence-corrected chi connectivity index (χ0v) is 17.7. The highest BCUT2D eigenvalue weighted by molar-refractivity contribution is 5.96. The summed E-state index contributed by atoms with van der Waals surface area (Å²) in [5.74, 6) is -0.280. The molecule has 0 bridgehead atoms. The first kappa shape index (κ1) is 21.4. The molecule has 0 saturated carbocycles. The highest BCUT2D eigenvalue weighted by Gasteiger charge is 2.34. The lowest BCUT2D eigenvalue weighted by molar-refractivity contribution is 0.182. The van der Waals surface area contributed by atoms with Crippen molar-refractivity contribution in [1.82, 2.24) is 10.2 Å². The van der Waals surface area contributed by atoms with E-state index in [2.05, 4.69) is 16.3 Å². The SMILES string of the molecule is CC(C)N1Cc2c(N3CCNCC3)cccc2N(Cc2cccc(F)c2)C1=O.Cl. The molecule has 5 nitrogen and oxygen atoms in total. The monoisotopic (exact) mass is 418 g/mol. The quantitative estimate of drug-likeness (QED) is 0.815. The van der Waals surface area contributed by atoms with Crippen LogP contribution in [0.1, 0.15) is 25.0 Å². The zero-order valence-electron chi connectivity index (χ0n) is 16.9. The Labute approximate surface area is 177 Å². The van der Waals surface area contributed by atoms with Gasteiger partial charge in [0.25, 0.3) is 0 Å². The van der Waals surface area contributed by atoms with Gasteiger partial charge in [0, 0.05) is 43.5 Å². The van der Waals surface area contributed by atoms with Gasteiger partial charge in [0.1, 0.15) is 5.82 Å². The van der Waals surface area contributed by atoms with Gasteiger partial charge in [0.05, 0.1) is 18.8 Å². The van der Waals surface area contributed by atoms with Gasteiger partial charge < -0.3 is 15.1 Å². The largest absolute Gasteiger partial charge is 0.369 e. The zero-order chi connectivity index (χ0) is 19.7. The number of piperazine rings is 1. The molecule has 156 valence electrons. The van der Waals surface area contributed by atoms with Gasteiger partial charge in [-0.05, 0) is 43.7 Å². The van der Waals surface area contributed by atoms with Crippen molar-refractivity contribution in [3.63, 3.8) is 0 Å². The van der Waals surface area contributed by atoms with Crippen molar-refractivity contribution >= 4 is 29.8 Å². The lowest BCUT2D eigenvalue weighted by Gasteiger charge is -2.42. The van der Waals surface area contributed by atoms with E-state index in [4.69, 9.17) is 0 Å². The number of anilines is 2. The van der Waals surface area contributed by atoms with Crippen LogP contribution in [-0.2, 0) is 13.1 Å². The number of hydrogen-bond donors (Lipinski definition) is 1. The van der Waals surface area contributed by atoms with Gasteiger partial charge in [-0.2, -0.15) is 0 Å². The number of halogens is 2. The van der Waals surface area contributed by atoms with Crippen LogP contribution in [0.15, 0.2) is 42.5 Å². The van der Waals surface area contributed by atoms with E-state index in [0.717, 1.165) is 37.4 Å². The van der Waals surface area contributed by atoms with Crippen LogP contribution >= 0.6 is 12.4 Å². The predicted octanol–water partition coefficient (Wildman–Crippen LogP) is 4.01. The van der Waals surface area contributed by atoms with Crippen molar-refractivity contribution < 1.29 is 9.18 Å². The Hall–Kier alpha value is -2.31. The number of carbonyl (C=O) groups is 1. The molecule has 2 aromatic carbocycles. The molecule has 7 heteroatoms. The molecule has 0 aliphatic carbocycles. The lowest BCUT2D eigenvalue weighted by Crippen LogP contribution is -2.50. The average molecular weight is 419 g/mol. The smallest absolute Gasteiger partial charge is 0.325 e. The first-order valence-corrected chi connectivity index (χ1v) is 9.94. The van der Waals surface area contributed by atoms with Gasteiger partial charge in [-0.25, -0.2) is 9.18 Å². The second-order valence-electron chi connectivity index (χ2n) is 7.73. The molecule has 1 saturated heterocycles. The van der Waals surface area contributed by atoms with Crippen LogP contribution < -0.4 is 15.1 Å². The second-order valence-corrected chi connectivity index (χ2v) is 7.73. The molecule has 2 amide bonds. The molecule has 0 atom stereocenters. The summed E-state index contributed by atoms with van der Waals surface area (Å²) in [6, 6.07) is 12.7. The van der Waals surface area contributed by atoms with E-state index in [1.165, 1.54) is 23.4 Å². The minimum atomic E-state index is -0.280. The summed E-state index contributed by atoms with van der Waals surface area (Å²) in [6.07, 6.45) is 0. The van der Waals surface area contributed by atoms with Gasteiger partial charge >= 0.3 is 6.03 Å². The molecule has 2 aliphatic rings. The third kappa shape index (κ3) is 4.33. The standard InChI is InChI=1S/C22H27FN4O.ClH/c1-16(2)26-15-19-20(25-11-9-24-10-12-25)7-4-8-21(19)27(22(26)28)14-17-5-3-6-18(23)13-17;/h3-8,13,16,24H,9-12,14-15H2,1-2H3;1H. The van der Waals surface area contributed by atoms with Gasteiger partial charge in [0.2, 0.25) is 0 Å². The average Bonchev–Trinajstić information content (AvgIpc) is 2.70. The molecular formula is C22H28ClFN4O. The molecule has 1 fully saturated rings. The number of nitrogens with zero attached hydrogens (tertiary/aromatic N) is 3. The minimum absolute atomic E-state index is 0. The van der Waals surface area contributed by atoms with Crippen LogP contribution in [0, 0.1) is 5.82 Å². The van der Waals surface area contributed by atoms with Crippen molar-refractivity contribution in [2.24, 2.45) is 0 Å². The van der Waals surface area contributed by atoms with Crippen LogP contribution in [0.5, 0.6) is 0 Å². The fourth-order valence-corrected chi connectivity index (χ4v) is 4.05. The fourth-order valence-electron chi connectivity index (χ4n) is 4.05. The maximum absolute atomic E-state index is 13.7. The summed E-state index contributed by atoms with van der Waals surface area (Å²) in [5.41, 5.74) is 4.09. The molecule has 0 unspecified atom stereocenters. The van der Waals surface area contributed by atoms with Crippen LogP contribution in [-0.4, -0.2) is 43.2 Å². The van der Waals surface area contributed by atoms with E-state index in [1.54, 1.807) is 11.0 Å². The highest BCUT2D eigenvalue weighted by Crippen LogP contribution is 2.37. The van der Waals surface area contributed by atoms with Crippen molar-refractivity contribution in [2.45, 2.75) is 33.0 Å². The second kappa shape index (κ2) is 9.01. The summed E-state index contributed by atoms with van der Waals surface area (Å²) in [7, 11) is 0. The van der Waals surface area contributed by atoms with Crippen molar-refractivity contribution in [3.8, 4) is 0 Å². The summed E-state index contributed by atoms with van der Waals surface area (Å²) < 4.78 is 13.7. The Kier molecular flexibility index (Phi) is 6.65. The van der Waals surface area contributed by atoms with Crippen molar-refractivity contribution in [1.29, 1.82) is 0 Å². The predicted molar refractivity (Wildman–Crippen MR) is 117 cm³/mol. The Bertz CT molecular complexity index is 870. The highest BCUT2D eigenvalue weighted by atomic mass is 35.5. The number of hydrogen-bond acceptors (Lipinski definition) is 3. The molecule has 0 radical (unpaired) electrons. The van der Waals surface area contributed by atoms with E-state index in [0.29, 0.717) is 13.1 Å². The first-order valence-electron chi connectivity index (χ1n) is 9.94.